The fourth-order valence-electron chi connectivity index (χ4n) is 5.99. The van der Waals surface area contributed by atoms with E-state index in [2.05, 4.69) is 57.1 Å². The lowest BCUT2D eigenvalue weighted by atomic mass is 10.2. The summed E-state index contributed by atoms with van der Waals surface area (Å²) in [4.78, 5) is 26.5. The number of nitrogens with zero attached hydrogens (tertiary/aromatic N) is 4. The first kappa shape index (κ1) is 34.7. The number of rotatable bonds is 16. The molecule has 8 nitrogen and oxygen atoms in total. The number of aromatic nitrogens is 2. The fourth-order valence-corrected chi connectivity index (χ4v) is 6.47. The second-order valence-electron chi connectivity index (χ2n) is 11.3. The van der Waals surface area contributed by atoms with Gasteiger partial charge in [-0.05, 0) is 82.7 Å². The molecule has 0 fully saturated rings. The van der Waals surface area contributed by atoms with Crippen molar-refractivity contribution in [2.75, 3.05) is 22.9 Å². The van der Waals surface area contributed by atoms with E-state index in [0.717, 1.165) is 90.0 Å². The number of hydrogen-bond acceptors (Lipinski definition) is 4. The summed E-state index contributed by atoms with van der Waals surface area (Å²) in [6.07, 6.45) is 11.3. The van der Waals surface area contributed by atoms with Crippen LogP contribution in [0.15, 0.2) is 42.2 Å². The number of unbranched alkanes of at least 4 members (excludes halogenated alkanes) is 4. The molecule has 11 heteroatoms. The molecule has 0 aliphatic carbocycles. The number of aryl methyl sites for hydroxylation is 3. The van der Waals surface area contributed by atoms with Crippen LogP contribution < -0.4 is 14.4 Å². The van der Waals surface area contributed by atoms with E-state index in [1.54, 1.807) is 0 Å². The summed E-state index contributed by atoms with van der Waals surface area (Å²) in [5, 5.41) is 19.8. The predicted octanol–water partition coefficient (Wildman–Crippen LogP) is 8.71. The van der Waals surface area contributed by atoms with Crippen LogP contribution in [0.5, 0.6) is 0 Å². The van der Waals surface area contributed by atoms with E-state index in [4.69, 9.17) is 45.0 Å². The maximum absolute atomic E-state index is 11.0. The number of benzene rings is 2. The molecule has 1 aromatic heterocycles. The van der Waals surface area contributed by atoms with E-state index < -0.39 is 11.9 Å². The minimum atomic E-state index is -0.773. The molecule has 3 aromatic rings. The van der Waals surface area contributed by atoms with Crippen molar-refractivity contribution in [1.29, 1.82) is 0 Å². The first-order valence-corrected chi connectivity index (χ1v) is 16.8. The first-order valence-electron chi connectivity index (χ1n) is 15.7. The number of hydrogen-bond donors (Lipinski definition) is 2. The summed E-state index contributed by atoms with van der Waals surface area (Å²) >= 11 is 19.5. The lowest BCUT2D eigenvalue weighted by Crippen LogP contribution is -2.36. The number of fused-ring (bicyclic) bond motifs is 2. The number of aliphatic carboxylic acids is 2. The number of anilines is 2. The Labute approximate surface area is 280 Å². The van der Waals surface area contributed by atoms with Gasteiger partial charge in [-0.2, -0.15) is 0 Å². The molecule has 0 amide bonds. The van der Waals surface area contributed by atoms with Gasteiger partial charge in [-0.1, -0.05) is 47.3 Å². The Bertz CT molecular complexity index is 1610. The number of carboxylic acid groups (broad SMARTS) is 2. The summed E-state index contributed by atoms with van der Waals surface area (Å²) in [5.41, 5.74) is 5.13. The van der Waals surface area contributed by atoms with Crippen LogP contribution in [-0.4, -0.2) is 39.8 Å². The third-order valence-electron chi connectivity index (χ3n) is 8.21. The molecule has 0 saturated heterocycles. The van der Waals surface area contributed by atoms with Gasteiger partial charge >= 0.3 is 11.9 Å². The summed E-state index contributed by atoms with van der Waals surface area (Å²) in [5.74, 6) is 0.499. The van der Waals surface area contributed by atoms with Gasteiger partial charge in [0.1, 0.15) is 5.82 Å². The molecular weight excluding hydrogens is 635 g/mol. The number of carbonyl (C=O) groups is 2. The highest BCUT2D eigenvalue weighted by atomic mass is 35.5. The van der Waals surface area contributed by atoms with Gasteiger partial charge in [0.15, 0.2) is 11.0 Å². The van der Waals surface area contributed by atoms with Crippen LogP contribution in [0, 0.1) is 6.92 Å². The molecule has 2 N–H and O–H groups in total. The van der Waals surface area contributed by atoms with Gasteiger partial charge in [0.05, 0.1) is 34.5 Å². The highest BCUT2D eigenvalue weighted by molar-refractivity contribution is 6.42. The Balaban J connectivity index is 1.70. The summed E-state index contributed by atoms with van der Waals surface area (Å²) in [6, 6.07) is 7.97. The summed E-state index contributed by atoms with van der Waals surface area (Å²) in [7, 11) is 0. The topological polar surface area (TPSA) is 89.9 Å². The Morgan fingerprint density at radius 3 is 2.02 bits per heavy atom. The largest absolute Gasteiger partial charge is 0.481 e. The SMILES string of the molecule is CCN1C(=CC=Cc2n(CC)c3cc(Cl)c(C)cc3[n+]2CCCCCC(=O)O)N(CCCCCC(=O)O)c2cc(Cl)c(Cl)cc21. The third-order valence-corrected chi connectivity index (χ3v) is 9.34. The number of imidazole rings is 1. The van der Waals surface area contributed by atoms with Gasteiger partial charge < -0.3 is 20.0 Å². The molecule has 0 atom stereocenters. The smallest absolute Gasteiger partial charge is 0.303 e. The molecule has 2 heterocycles. The summed E-state index contributed by atoms with van der Waals surface area (Å²) < 4.78 is 4.56. The van der Waals surface area contributed by atoms with Gasteiger partial charge in [0, 0.05) is 43.1 Å². The molecule has 0 radical (unpaired) electrons. The predicted molar refractivity (Wildman–Crippen MR) is 184 cm³/mol. The molecule has 4 rings (SSSR count). The van der Waals surface area contributed by atoms with Crippen LogP contribution in [0.2, 0.25) is 15.1 Å². The van der Waals surface area contributed by atoms with Crippen molar-refractivity contribution in [3.63, 3.8) is 0 Å². The standard InChI is InChI=1S/C34H41Cl3N4O4/c1-4-38-28-20-24(35)23(3)19-27(28)40(17-10-6-8-15-33(42)43)31(38)13-12-14-32-39(5-2)29-21-25(36)26(37)22-30(29)41(32)18-11-7-9-16-34(44)45/h12-14,19-22H,4-11,15-18H2,1-3H3,(H-,42,43,44,45)/p+1. The van der Waals surface area contributed by atoms with Crippen LogP contribution in [0.1, 0.15) is 76.6 Å². The normalized spacial score (nSPS) is 14.0. The van der Waals surface area contributed by atoms with Crippen molar-refractivity contribution < 1.29 is 24.4 Å². The Kier molecular flexibility index (Phi) is 12.2. The lowest BCUT2D eigenvalue weighted by molar-refractivity contribution is -0.674. The van der Waals surface area contributed by atoms with E-state index >= 15 is 0 Å². The van der Waals surface area contributed by atoms with Gasteiger partial charge in [0.25, 0.3) is 5.82 Å². The van der Waals surface area contributed by atoms with Crippen LogP contribution in [-0.2, 0) is 22.7 Å². The highest BCUT2D eigenvalue weighted by Crippen LogP contribution is 2.45. The quantitative estimate of drug-likeness (QED) is 0.117. The van der Waals surface area contributed by atoms with Gasteiger partial charge in [0.2, 0.25) is 0 Å². The van der Waals surface area contributed by atoms with Crippen molar-refractivity contribution in [3.8, 4) is 0 Å². The highest BCUT2D eigenvalue weighted by Gasteiger charge is 2.31. The average Bonchev–Trinajstić information content (AvgIpc) is 3.42. The average molecular weight is 677 g/mol. The number of halogens is 3. The van der Waals surface area contributed by atoms with Crippen molar-refractivity contribution >= 4 is 75.2 Å². The molecule has 2 aromatic carbocycles. The molecule has 45 heavy (non-hydrogen) atoms. The maximum atomic E-state index is 11.0. The van der Waals surface area contributed by atoms with Crippen LogP contribution >= 0.6 is 34.8 Å². The molecular formula is C34H42Cl3N4O4+. The molecule has 0 bridgehead atoms. The van der Waals surface area contributed by atoms with Gasteiger partial charge in [-0.15, -0.1) is 0 Å². The maximum Gasteiger partial charge on any atom is 0.303 e. The van der Waals surface area contributed by atoms with Gasteiger partial charge in [-0.3, -0.25) is 9.59 Å². The fraction of sp³-hybridized carbons (Fsp3) is 0.441. The van der Waals surface area contributed by atoms with Crippen molar-refractivity contribution in [3.05, 3.63) is 68.7 Å². The zero-order valence-electron chi connectivity index (χ0n) is 26.2. The minimum absolute atomic E-state index is 0.167. The molecule has 0 saturated carbocycles. The van der Waals surface area contributed by atoms with Crippen molar-refractivity contribution in [2.45, 2.75) is 85.2 Å². The lowest BCUT2D eigenvalue weighted by Gasteiger charge is -2.24. The second-order valence-corrected chi connectivity index (χ2v) is 12.5. The van der Waals surface area contributed by atoms with Crippen molar-refractivity contribution in [1.82, 2.24) is 4.57 Å². The monoisotopic (exact) mass is 675 g/mol. The molecule has 242 valence electrons. The molecule has 1 aliphatic rings. The first-order chi connectivity index (χ1) is 21.6. The van der Waals surface area contributed by atoms with Gasteiger partial charge in [-0.25, -0.2) is 9.13 Å². The molecule has 0 spiro atoms. The third kappa shape index (κ3) is 8.15. The van der Waals surface area contributed by atoms with Crippen LogP contribution in [0.4, 0.5) is 11.4 Å². The summed E-state index contributed by atoms with van der Waals surface area (Å²) in [6.45, 7) is 9.17. The van der Waals surface area contributed by atoms with E-state index in [-0.39, 0.29) is 12.8 Å². The minimum Gasteiger partial charge on any atom is -0.481 e. The Morgan fingerprint density at radius 1 is 0.800 bits per heavy atom. The zero-order chi connectivity index (χ0) is 32.7. The zero-order valence-corrected chi connectivity index (χ0v) is 28.4. The second kappa shape index (κ2) is 15.9. The van der Waals surface area contributed by atoms with Crippen LogP contribution in [0.25, 0.3) is 17.1 Å². The van der Waals surface area contributed by atoms with E-state index in [1.807, 2.05) is 25.1 Å². The van der Waals surface area contributed by atoms with Crippen LogP contribution in [0.3, 0.4) is 0 Å². The number of carboxylic acids is 2. The Hall–Kier alpha value is -3.20. The van der Waals surface area contributed by atoms with E-state index in [0.29, 0.717) is 29.4 Å². The molecule has 1 aliphatic heterocycles. The van der Waals surface area contributed by atoms with Crippen molar-refractivity contribution in [2.24, 2.45) is 0 Å². The molecule has 0 unspecified atom stereocenters. The number of allylic oxidation sites excluding steroid dienone is 2. The van der Waals surface area contributed by atoms with E-state index in [9.17, 15) is 9.59 Å². The van der Waals surface area contributed by atoms with E-state index in [1.165, 1.54) is 0 Å². The Morgan fingerprint density at radius 2 is 1.42 bits per heavy atom.